The molecule has 0 aliphatic heterocycles. The number of aliphatic hydroxyl groups is 2. The third-order valence-electron chi connectivity index (χ3n) is 10.2. The molecular formula is C38H74O23P4S. The molecule has 0 bridgehead atoms. The molecule has 23 nitrogen and oxygen atoms in total. The first kappa shape index (κ1) is 63.3. The van der Waals surface area contributed by atoms with Gasteiger partial charge in [-0.3, -0.25) is 37.0 Å². The van der Waals surface area contributed by atoms with Crippen LogP contribution >= 0.6 is 43.1 Å². The Morgan fingerprint density at radius 2 is 0.894 bits per heavy atom. The zero-order chi connectivity index (χ0) is 49.8. The lowest BCUT2D eigenvalue weighted by atomic mass is 9.85. The number of ether oxygens (including phenoxy) is 2. The lowest BCUT2D eigenvalue weighted by Crippen LogP contribution is -2.65. The first-order chi connectivity index (χ1) is 30.9. The Hall–Kier alpha value is -0.680. The Balaban J connectivity index is 2.95. The van der Waals surface area contributed by atoms with E-state index < -0.39 is 99.2 Å². The number of phosphoric ester groups is 4. The largest absolute Gasteiger partial charge is 0.472 e. The molecule has 390 valence electrons. The lowest BCUT2D eigenvalue weighted by molar-refractivity contribution is -0.209. The third-order valence-corrected chi connectivity index (χ3v) is 13.7. The average Bonchev–Trinajstić information content (AvgIpc) is 3.20. The number of esters is 2. The number of hydrogen-bond donors (Lipinski definition) is 9. The fraction of sp³-hybridized carbons (Fsp3) is 0.921. The zero-order valence-electron chi connectivity index (χ0n) is 37.9. The average molecular weight is 1050 g/mol. The second-order valence-corrected chi connectivity index (χ2v) is 22.3. The van der Waals surface area contributed by atoms with Crippen LogP contribution < -0.4 is 0 Å². The van der Waals surface area contributed by atoms with Gasteiger partial charge in [-0.1, -0.05) is 128 Å². The van der Waals surface area contributed by atoms with E-state index in [4.69, 9.17) is 18.5 Å². The molecule has 1 rings (SSSR count). The summed E-state index contributed by atoms with van der Waals surface area (Å²) >= 11 is 1.33. The van der Waals surface area contributed by atoms with Crippen LogP contribution in [0.5, 0.6) is 0 Å². The molecule has 28 heteroatoms. The molecule has 66 heavy (non-hydrogen) atoms. The minimum Gasteiger partial charge on any atom is -0.462 e. The van der Waals surface area contributed by atoms with Crippen LogP contribution in [0.15, 0.2) is 0 Å². The highest BCUT2D eigenvalue weighted by Gasteiger charge is 2.59. The lowest BCUT2D eigenvalue weighted by Gasteiger charge is -2.45. The van der Waals surface area contributed by atoms with Crippen LogP contribution in [0.2, 0.25) is 0 Å². The van der Waals surface area contributed by atoms with Crippen LogP contribution in [0.3, 0.4) is 0 Å². The summed E-state index contributed by atoms with van der Waals surface area (Å²) in [5, 5.41) is 22.0. The van der Waals surface area contributed by atoms with Gasteiger partial charge in [0.2, 0.25) is 0 Å². The second-order valence-electron chi connectivity index (χ2n) is 16.1. The summed E-state index contributed by atoms with van der Waals surface area (Å²) in [6.45, 7) is 2.44. The second kappa shape index (κ2) is 33.8. The molecule has 0 amide bonds. The summed E-state index contributed by atoms with van der Waals surface area (Å²) in [6, 6.07) is 0. The molecule has 0 aromatic rings. The van der Waals surface area contributed by atoms with Gasteiger partial charge in [0.1, 0.15) is 43.2 Å². The van der Waals surface area contributed by atoms with E-state index >= 15 is 0 Å². The molecule has 0 aromatic carbocycles. The van der Waals surface area contributed by atoms with Gasteiger partial charge in [-0.25, -0.2) is 18.3 Å². The SMILES string of the molecule is CCCCCCCCCCCCCCCC(=O)O[C@H](COC(=O)CCCCCCCCSC(=O)CCC)COP(=O)(O)OC1C(O)[C@@H](OP(=O)(O)O)C(OP(=O)(O)O)[C@@H](OP(=O)(O)O)[C@H]1O. The highest BCUT2D eigenvalue weighted by molar-refractivity contribution is 8.13. The van der Waals surface area contributed by atoms with Gasteiger partial charge in [0.05, 0.1) is 6.61 Å². The first-order valence-corrected chi connectivity index (χ1v) is 29.7. The fourth-order valence-corrected chi connectivity index (χ4v) is 10.5. The van der Waals surface area contributed by atoms with Crippen LogP contribution in [0, 0.1) is 0 Å². The third kappa shape index (κ3) is 31.5. The van der Waals surface area contributed by atoms with Crippen molar-refractivity contribution in [3.8, 4) is 0 Å². The summed E-state index contributed by atoms with van der Waals surface area (Å²) in [5.74, 6) is -0.702. The van der Waals surface area contributed by atoms with Crippen molar-refractivity contribution in [2.45, 2.75) is 204 Å². The minimum absolute atomic E-state index is 0.0106. The summed E-state index contributed by atoms with van der Waals surface area (Å²) in [7, 11) is -23.0. The standard InChI is InChI=1S/C38H74O23P4S/c1-3-5-6-7-8-9-10-11-12-13-14-18-21-25-31(40)57-29(27-55-30(39)24-20-17-15-16-19-22-26-66-32(41)23-4-2)28-56-65(53,54)61-35-33(42)36(58-62(44,45)46)38(60-64(50,51)52)37(34(35)43)59-63(47,48)49/h29,33-38,42-43H,3-28H2,1-2H3,(H,53,54)(H2,44,45,46)(H2,47,48,49)(H2,50,51,52)/t29-,33+,34?,35?,36+,37-,38?/m1/s1. The van der Waals surface area contributed by atoms with E-state index in [0.29, 0.717) is 32.1 Å². The quantitative estimate of drug-likeness (QED) is 0.0183. The number of phosphoric acid groups is 4. The van der Waals surface area contributed by atoms with Gasteiger partial charge < -0.3 is 53.9 Å². The van der Waals surface area contributed by atoms with Crippen LogP contribution in [0.1, 0.15) is 162 Å². The van der Waals surface area contributed by atoms with Crippen molar-refractivity contribution in [1.29, 1.82) is 0 Å². The highest BCUT2D eigenvalue weighted by Crippen LogP contribution is 2.53. The Bertz CT molecular complexity index is 1540. The molecule has 0 spiro atoms. The summed E-state index contributed by atoms with van der Waals surface area (Å²) in [5.41, 5.74) is 0. The van der Waals surface area contributed by atoms with Crippen molar-refractivity contribution >= 4 is 60.1 Å². The van der Waals surface area contributed by atoms with Crippen molar-refractivity contribution in [2.24, 2.45) is 0 Å². The van der Waals surface area contributed by atoms with Crippen LogP contribution in [0.25, 0.3) is 0 Å². The Kier molecular flexibility index (Phi) is 32.5. The number of carbonyl (C=O) groups excluding carboxylic acids is 3. The monoisotopic (exact) mass is 1050 g/mol. The summed E-state index contributed by atoms with van der Waals surface area (Å²) in [4.78, 5) is 104. The topological polar surface area (TPSA) is 366 Å². The van der Waals surface area contributed by atoms with Crippen LogP contribution in [-0.2, 0) is 64.7 Å². The molecule has 0 radical (unpaired) electrons. The number of rotatable bonds is 39. The smallest absolute Gasteiger partial charge is 0.462 e. The van der Waals surface area contributed by atoms with Gasteiger partial charge in [-0.2, -0.15) is 0 Å². The van der Waals surface area contributed by atoms with E-state index in [0.717, 1.165) is 63.5 Å². The van der Waals surface area contributed by atoms with Crippen LogP contribution in [-0.4, -0.2) is 123 Å². The number of aliphatic hydroxyl groups excluding tert-OH is 2. The van der Waals surface area contributed by atoms with Gasteiger partial charge in [-0.15, -0.1) is 0 Å². The van der Waals surface area contributed by atoms with Crippen molar-refractivity contribution in [3.05, 3.63) is 0 Å². The van der Waals surface area contributed by atoms with E-state index in [2.05, 4.69) is 20.5 Å². The Labute approximate surface area is 391 Å². The number of carbonyl (C=O) groups is 3. The van der Waals surface area contributed by atoms with Gasteiger partial charge in [-0.05, 0) is 25.7 Å². The van der Waals surface area contributed by atoms with Gasteiger partial charge in [0.25, 0.3) is 0 Å². The van der Waals surface area contributed by atoms with Crippen LogP contribution in [0.4, 0.5) is 0 Å². The molecule has 1 fully saturated rings. The van der Waals surface area contributed by atoms with Crippen molar-refractivity contribution in [1.82, 2.24) is 0 Å². The molecule has 4 unspecified atom stereocenters. The number of unbranched alkanes of at least 4 members (excludes halogenated alkanes) is 17. The van der Waals surface area contributed by atoms with E-state index in [-0.39, 0.29) is 18.0 Å². The van der Waals surface area contributed by atoms with Crippen molar-refractivity contribution in [2.75, 3.05) is 19.0 Å². The van der Waals surface area contributed by atoms with Gasteiger partial charge in [0.15, 0.2) is 11.2 Å². The Morgan fingerprint density at radius 1 is 0.485 bits per heavy atom. The van der Waals surface area contributed by atoms with E-state index in [1.807, 2.05) is 6.92 Å². The molecule has 0 aromatic heterocycles. The highest BCUT2D eigenvalue weighted by atomic mass is 32.2. The molecule has 0 heterocycles. The molecule has 1 aliphatic rings. The summed E-state index contributed by atoms with van der Waals surface area (Å²) in [6.07, 6.45) is 1.83. The van der Waals surface area contributed by atoms with Crippen molar-refractivity contribution in [3.63, 3.8) is 0 Å². The maximum atomic E-state index is 13.2. The van der Waals surface area contributed by atoms with Gasteiger partial charge >= 0.3 is 43.2 Å². The number of thioether (sulfide) groups is 1. The Morgan fingerprint density at radius 3 is 1.33 bits per heavy atom. The maximum absolute atomic E-state index is 13.2. The fourth-order valence-electron chi connectivity index (χ4n) is 6.93. The van der Waals surface area contributed by atoms with E-state index in [1.165, 1.54) is 56.7 Å². The number of hydrogen-bond acceptors (Lipinski definition) is 17. The molecule has 8 atom stereocenters. The normalized spacial score (nSPS) is 21.9. The summed E-state index contributed by atoms with van der Waals surface area (Å²) < 4.78 is 81.9. The van der Waals surface area contributed by atoms with Gasteiger partial charge in [0, 0.05) is 25.0 Å². The zero-order valence-corrected chi connectivity index (χ0v) is 42.3. The molecular weight excluding hydrogens is 980 g/mol. The first-order valence-electron chi connectivity index (χ1n) is 22.6. The molecule has 9 N–H and O–H groups in total. The maximum Gasteiger partial charge on any atom is 0.472 e. The van der Waals surface area contributed by atoms with Crippen molar-refractivity contribution < 1.29 is 109 Å². The predicted octanol–water partition coefficient (Wildman–Crippen LogP) is 6.38. The molecule has 1 saturated carbocycles. The molecule has 1 aliphatic carbocycles. The molecule has 0 saturated heterocycles. The minimum atomic E-state index is -5.79. The van der Waals surface area contributed by atoms with E-state index in [1.54, 1.807) is 0 Å². The van der Waals surface area contributed by atoms with E-state index in [9.17, 15) is 77.1 Å². The predicted molar refractivity (Wildman–Crippen MR) is 239 cm³/mol.